The highest BCUT2D eigenvalue weighted by Gasteiger charge is 2.19. The molecule has 0 aromatic heterocycles. The SMILES string of the molecule is CC(=O)Nc1ccc(NC(=O)[C@@H](C)OC(=O)COc2c(C)cccc2C)cc1. The summed E-state index contributed by atoms with van der Waals surface area (Å²) in [5.74, 6) is -0.643. The van der Waals surface area contributed by atoms with Crippen molar-refractivity contribution in [1.29, 1.82) is 0 Å². The van der Waals surface area contributed by atoms with Crippen molar-refractivity contribution in [3.8, 4) is 5.75 Å². The van der Waals surface area contributed by atoms with Crippen LogP contribution in [0.3, 0.4) is 0 Å². The number of hydrogen-bond donors (Lipinski definition) is 2. The number of ether oxygens (including phenoxy) is 2. The molecule has 0 saturated carbocycles. The molecule has 0 fully saturated rings. The van der Waals surface area contributed by atoms with Gasteiger partial charge in [0.05, 0.1) is 0 Å². The normalized spacial score (nSPS) is 11.3. The second-order valence-corrected chi connectivity index (χ2v) is 6.39. The quantitative estimate of drug-likeness (QED) is 0.715. The van der Waals surface area contributed by atoms with Crippen LogP contribution in [0.15, 0.2) is 42.5 Å². The fourth-order valence-corrected chi connectivity index (χ4v) is 2.53. The Morgan fingerprint density at radius 3 is 2.00 bits per heavy atom. The number of para-hydroxylation sites is 1. The molecular weight excluding hydrogens is 360 g/mol. The van der Waals surface area contributed by atoms with Crippen LogP contribution in [0.4, 0.5) is 11.4 Å². The van der Waals surface area contributed by atoms with E-state index in [-0.39, 0.29) is 12.5 Å². The number of rotatable bonds is 7. The number of amides is 2. The molecule has 28 heavy (non-hydrogen) atoms. The van der Waals surface area contributed by atoms with E-state index in [4.69, 9.17) is 9.47 Å². The number of anilines is 2. The Morgan fingerprint density at radius 2 is 1.46 bits per heavy atom. The van der Waals surface area contributed by atoms with Crippen molar-refractivity contribution in [3.63, 3.8) is 0 Å². The molecule has 0 heterocycles. The summed E-state index contributed by atoms with van der Waals surface area (Å²) in [6.45, 7) is 6.39. The molecule has 0 aliphatic heterocycles. The predicted octanol–water partition coefficient (Wildman–Crippen LogP) is 3.21. The summed E-state index contributed by atoms with van der Waals surface area (Å²) in [6, 6.07) is 12.3. The molecule has 2 aromatic rings. The van der Waals surface area contributed by atoms with E-state index in [1.54, 1.807) is 24.3 Å². The third-order valence-electron chi connectivity index (χ3n) is 3.89. The number of carbonyl (C=O) groups excluding carboxylic acids is 3. The van der Waals surface area contributed by atoms with E-state index in [2.05, 4.69) is 10.6 Å². The van der Waals surface area contributed by atoms with E-state index in [0.29, 0.717) is 17.1 Å². The fourth-order valence-electron chi connectivity index (χ4n) is 2.53. The van der Waals surface area contributed by atoms with Crippen molar-refractivity contribution < 1.29 is 23.9 Å². The van der Waals surface area contributed by atoms with Gasteiger partial charge in [0.25, 0.3) is 5.91 Å². The van der Waals surface area contributed by atoms with Gasteiger partial charge in [-0.25, -0.2) is 4.79 Å². The van der Waals surface area contributed by atoms with Crippen LogP contribution >= 0.6 is 0 Å². The van der Waals surface area contributed by atoms with Crippen LogP contribution < -0.4 is 15.4 Å². The average Bonchev–Trinajstić information content (AvgIpc) is 2.62. The van der Waals surface area contributed by atoms with Gasteiger partial charge in [0.15, 0.2) is 12.7 Å². The molecule has 0 aliphatic carbocycles. The van der Waals surface area contributed by atoms with Crippen LogP contribution in [0.5, 0.6) is 5.75 Å². The molecule has 0 unspecified atom stereocenters. The molecule has 1 atom stereocenters. The molecule has 0 spiro atoms. The van der Waals surface area contributed by atoms with Gasteiger partial charge in [-0.2, -0.15) is 0 Å². The number of hydrogen-bond acceptors (Lipinski definition) is 5. The van der Waals surface area contributed by atoms with Crippen molar-refractivity contribution in [2.75, 3.05) is 17.2 Å². The second kappa shape index (κ2) is 9.55. The minimum Gasteiger partial charge on any atom is -0.481 e. The zero-order valence-electron chi connectivity index (χ0n) is 16.4. The minimum absolute atomic E-state index is 0.180. The van der Waals surface area contributed by atoms with Crippen LogP contribution in [-0.4, -0.2) is 30.5 Å². The van der Waals surface area contributed by atoms with Crippen molar-refractivity contribution in [3.05, 3.63) is 53.6 Å². The molecule has 0 radical (unpaired) electrons. The summed E-state index contributed by atoms with van der Waals surface area (Å²) >= 11 is 0. The lowest BCUT2D eigenvalue weighted by atomic mass is 10.1. The van der Waals surface area contributed by atoms with Crippen molar-refractivity contribution >= 4 is 29.2 Å². The highest BCUT2D eigenvalue weighted by molar-refractivity contribution is 5.95. The number of carbonyl (C=O) groups is 3. The van der Waals surface area contributed by atoms with Crippen LogP contribution in [0.2, 0.25) is 0 Å². The number of nitrogens with one attached hydrogen (secondary N) is 2. The molecular formula is C21H24N2O5. The first-order valence-electron chi connectivity index (χ1n) is 8.83. The molecule has 0 bridgehead atoms. The lowest BCUT2D eigenvalue weighted by Crippen LogP contribution is -2.31. The zero-order valence-corrected chi connectivity index (χ0v) is 16.4. The highest BCUT2D eigenvalue weighted by atomic mass is 16.6. The summed E-state index contributed by atoms with van der Waals surface area (Å²) in [5.41, 5.74) is 2.98. The summed E-state index contributed by atoms with van der Waals surface area (Å²) in [5, 5.41) is 5.28. The number of aryl methyl sites for hydroxylation is 2. The zero-order chi connectivity index (χ0) is 20.7. The Balaban J connectivity index is 1.84. The molecule has 7 heteroatoms. The van der Waals surface area contributed by atoms with Gasteiger partial charge in [-0.15, -0.1) is 0 Å². The monoisotopic (exact) mass is 384 g/mol. The lowest BCUT2D eigenvalue weighted by Gasteiger charge is -2.15. The summed E-state index contributed by atoms with van der Waals surface area (Å²) < 4.78 is 10.7. The van der Waals surface area contributed by atoms with Gasteiger partial charge in [0.2, 0.25) is 5.91 Å². The van der Waals surface area contributed by atoms with E-state index in [0.717, 1.165) is 11.1 Å². The Labute approximate surface area is 164 Å². The Morgan fingerprint density at radius 1 is 0.929 bits per heavy atom. The van der Waals surface area contributed by atoms with Crippen LogP contribution in [-0.2, 0) is 19.1 Å². The highest BCUT2D eigenvalue weighted by Crippen LogP contribution is 2.22. The molecule has 7 nitrogen and oxygen atoms in total. The fraction of sp³-hybridized carbons (Fsp3) is 0.286. The topological polar surface area (TPSA) is 93.7 Å². The first kappa shape index (κ1) is 21.0. The Bertz CT molecular complexity index is 841. The molecule has 2 N–H and O–H groups in total. The molecule has 148 valence electrons. The van der Waals surface area contributed by atoms with Gasteiger partial charge >= 0.3 is 5.97 Å². The van der Waals surface area contributed by atoms with E-state index in [1.807, 2.05) is 32.0 Å². The van der Waals surface area contributed by atoms with Crippen molar-refractivity contribution in [2.24, 2.45) is 0 Å². The largest absolute Gasteiger partial charge is 0.481 e. The molecule has 2 aromatic carbocycles. The summed E-state index contributed by atoms with van der Waals surface area (Å²) in [7, 11) is 0. The minimum atomic E-state index is -0.982. The molecule has 0 aliphatic rings. The van der Waals surface area contributed by atoms with Crippen LogP contribution in [0.1, 0.15) is 25.0 Å². The molecule has 2 amide bonds. The van der Waals surface area contributed by atoms with Crippen LogP contribution in [0.25, 0.3) is 0 Å². The number of esters is 1. The van der Waals surface area contributed by atoms with Gasteiger partial charge in [-0.1, -0.05) is 18.2 Å². The average molecular weight is 384 g/mol. The van der Waals surface area contributed by atoms with Gasteiger partial charge in [0.1, 0.15) is 5.75 Å². The van der Waals surface area contributed by atoms with Crippen molar-refractivity contribution in [2.45, 2.75) is 33.8 Å². The predicted molar refractivity (Wildman–Crippen MR) is 106 cm³/mol. The van der Waals surface area contributed by atoms with Gasteiger partial charge < -0.3 is 20.1 Å². The standard InChI is InChI=1S/C21H24N2O5/c1-13-6-5-7-14(2)20(13)27-12-19(25)28-15(3)21(26)23-18-10-8-17(9-11-18)22-16(4)24/h5-11,15H,12H2,1-4H3,(H,22,24)(H,23,26)/t15-/m1/s1. The van der Waals surface area contributed by atoms with Crippen molar-refractivity contribution in [1.82, 2.24) is 0 Å². The first-order chi connectivity index (χ1) is 13.3. The number of benzene rings is 2. The maximum Gasteiger partial charge on any atom is 0.344 e. The van der Waals surface area contributed by atoms with E-state index >= 15 is 0 Å². The smallest absolute Gasteiger partial charge is 0.344 e. The Hall–Kier alpha value is -3.35. The van der Waals surface area contributed by atoms with Gasteiger partial charge in [0, 0.05) is 18.3 Å². The van der Waals surface area contributed by atoms with Gasteiger partial charge in [-0.3, -0.25) is 9.59 Å². The summed E-state index contributed by atoms with van der Waals surface area (Å²) in [6.07, 6.45) is -0.982. The third kappa shape index (κ3) is 6.12. The van der Waals surface area contributed by atoms with Gasteiger partial charge in [-0.05, 0) is 56.2 Å². The molecule has 2 rings (SSSR count). The lowest BCUT2D eigenvalue weighted by molar-refractivity contribution is -0.155. The second-order valence-electron chi connectivity index (χ2n) is 6.39. The maximum absolute atomic E-state index is 12.2. The van der Waals surface area contributed by atoms with E-state index in [9.17, 15) is 14.4 Å². The van der Waals surface area contributed by atoms with E-state index < -0.39 is 18.0 Å². The van der Waals surface area contributed by atoms with E-state index in [1.165, 1.54) is 13.8 Å². The third-order valence-corrected chi connectivity index (χ3v) is 3.89. The maximum atomic E-state index is 12.2. The Kier molecular flexibility index (Phi) is 7.14. The summed E-state index contributed by atoms with van der Waals surface area (Å²) in [4.78, 5) is 35.2. The first-order valence-corrected chi connectivity index (χ1v) is 8.83. The molecule has 0 saturated heterocycles. The van der Waals surface area contributed by atoms with Crippen LogP contribution in [0, 0.1) is 13.8 Å².